The van der Waals surface area contributed by atoms with Gasteiger partial charge in [-0.3, -0.25) is 0 Å². The van der Waals surface area contributed by atoms with Crippen LogP contribution in [0, 0.1) is 0 Å². The van der Waals surface area contributed by atoms with Crippen molar-refractivity contribution in [1.29, 1.82) is 0 Å². The summed E-state index contributed by atoms with van der Waals surface area (Å²) in [6.07, 6.45) is -4.14. The number of aliphatic imine (C=N–C) groups is 1. The molecule has 1 rings (SSSR count). The SMILES string of the molecule is CCCOc1cccc(CN=C(NCC)NCCC(F)(F)F)c1.I. The Morgan fingerprint density at radius 3 is 2.58 bits per heavy atom. The molecule has 0 aliphatic rings. The van der Waals surface area contributed by atoms with Crippen molar-refractivity contribution in [1.82, 2.24) is 10.6 Å². The Morgan fingerprint density at radius 1 is 1.21 bits per heavy atom. The Labute approximate surface area is 158 Å². The van der Waals surface area contributed by atoms with E-state index in [9.17, 15) is 13.2 Å². The van der Waals surface area contributed by atoms with Crippen molar-refractivity contribution in [2.45, 2.75) is 39.4 Å². The molecule has 0 spiro atoms. The van der Waals surface area contributed by atoms with Gasteiger partial charge in [0, 0.05) is 13.1 Å². The number of alkyl halides is 3. The number of benzene rings is 1. The van der Waals surface area contributed by atoms with Gasteiger partial charge < -0.3 is 15.4 Å². The minimum atomic E-state index is -4.17. The van der Waals surface area contributed by atoms with Gasteiger partial charge in [0.15, 0.2) is 5.96 Å². The Morgan fingerprint density at radius 2 is 1.96 bits per heavy atom. The van der Waals surface area contributed by atoms with Crippen molar-refractivity contribution in [2.75, 3.05) is 19.7 Å². The summed E-state index contributed by atoms with van der Waals surface area (Å²) in [5, 5.41) is 5.61. The molecule has 0 amide bonds. The summed E-state index contributed by atoms with van der Waals surface area (Å²) in [5.74, 6) is 1.14. The number of hydrogen-bond acceptors (Lipinski definition) is 2. The first-order chi connectivity index (χ1) is 10.9. The summed E-state index contributed by atoms with van der Waals surface area (Å²) in [5.41, 5.74) is 0.937. The second-order valence-corrected chi connectivity index (χ2v) is 4.98. The lowest BCUT2D eigenvalue weighted by molar-refractivity contribution is -0.132. The van der Waals surface area contributed by atoms with E-state index in [2.05, 4.69) is 15.6 Å². The molecule has 4 nitrogen and oxygen atoms in total. The van der Waals surface area contributed by atoms with Crippen LogP contribution in [0.15, 0.2) is 29.3 Å². The number of halogens is 4. The number of guanidine groups is 1. The quantitative estimate of drug-likeness (QED) is 0.350. The van der Waals surface area contributed by atoms with Crippen molar-refractivity contribution < 1.29 is 17.9 Å². The molecule has 1 aromatic rings. The molecule has 0 bridgehead atoms. The van der Waals surface area contributed by atoms with Gasteiger partial charge in [0.2, 0.25) is 0 Å². The van der Waals surface area contributed by atoms with Crippen LogP contribution in [-0.2, 0) is 6.54 Å². The number of ether oxygens (including phenoxy) is 1. The van der Waals surface area contributed by atoms with Crippen LogP contribution < -0.4 is 15.4 Å². The number of rotatable bonds is 8. The van der Waals surface area contributed by atoms with Crippen LogP contribution >= 0.6 is 24.0 Å². The van der Waals surface area contributed by atoms with Crippen LogP contribution in [0.3, 0.4) is 0 Å². The third kappa shape index (κ3) is 10.6. The molecule has 0 radical (unpaired) electrons. The Bertz CT molecular complexity index is 496. The first-order valence-electron chi connectivity index (χ1n) is 7.75. The smallest absolute Gasteiger partial charge is 0.390 e. The van der Waals surface area contributed by atoms with Gasteiger partial charge in [0.25, 0.3) is 0 Å². The largest absolute Gasteiger partial charge is 0.494 e. The van der Waals surface area contributed by atoms with Crippen molar-refractivity contribution in [3.05, 3.63) is 29.8 Å². The fraction of sp³-hybridized carbons (Fsp3) is 0.562. The first-order valence-corrected chi connectivity index (χ1v) is 7.75. The molecule has 8 heteroatoms. The van der Waals surface area contributed by atoms with Crippen LogP contribution in [0.1, 0.15) is 32.3 Å². The molecule has 0 fully saturated rings. The lowest BCUT2D eigenvalue weighted by Gasteiger charge is -2.12. The lowest BCUT2D eigenvalue weighted by Crippen LogP contribution is -2.38. The van der Waals surface area contributed by atoms with E-state index < -0.39 is 12.6 Å². The highest BCUT2D eigenvalue weighted by Gasteiger charge is 2.26. The minimum absolute atomic E-state index is 0. The molecule has 24 heavy (non-hydrogen) atoms. The van der Waals surface area contributed by atoms with Crippen molar-refractivity contribution in [3.63, 3.8) is 0 Å². The predicted octanol–water partition coefficient (Wildman–Crippen LogP) is 4.10. The van der Waals surface area contributed by atoms with E-state index in [4.69, 9.17) is 4.74 Å². The van der Waals surface area contributed by atoms with Gasteiger partial charge in [-0.2, -0.15) is 13.2 Å². The van der Waals surface area contributed by atoms with Crippen molar-refractivity contribution in [2.24, 2.45) is 4.99 Å². The molecule has 0 aliphatic heterocycles. The zero-order valence-electron chi connectivity index (χ0n) is 13.9. The highest BCUT2D eigenvalue weighted by Crippen LogP contribution is 2.18. The zero-order chi connectivity index (χ0) is 17.1. The highest BCUT2D eigenvalue weighted by atomic mass is 127. The van der Waals surface area contributed by atoms with E-state index in [1.807, 2.05) is 38.1 Å². The first kappa shape index (κ1) is 22.8. The second kappa shape index (κ2) is 12.2. The van der Waals surface area contributed by atoms with Crippen LogP contribution in [-0.4, -0.2) is 31.8 Å². The summed E-state index contributed by atoms with van der Waals surface area (Å²) in [4.78, 5) is 4.30. The normalized spacial score (nSPS) is 11.6. The monoisotopic (exact) mass is 459 g/mol. The molecule has 1 aromatic carbocycles. The van der Waals surface area contributed by atoms with Gasteiger partial charge in [0.05, 0.1) is 19.6 Å². The summed E-state index contributed by atoms with van der Waals surface area (Å²) in [6.45, 7) is 5.29. The summed E-state index contributed by atoms with van der Waals surface area (Å²) >= 11 is 0. The molecule has 0 atom stereocenters. The molecule has 0 aliphatic carbocycles. The van der Waals surface area contributed by atoms with E-state index in [0.717, 1.165) is 17.7 Å². The lowest BCUT2D eigenvalue weighted by atomic mass is 10.2. The maximum Gasteiger partial charge on any atom is 0.390 e. The predicted molar refractivity (Wildman–Crippen MR) is 101 cm³/mol. The summed E-state index contributed by atoms with van der Waals surface area (Å²) < 4.78 is 42.1. The fourth-order valence-corrected chi connectivity index (χ4v) is 1.79. The van der Waals surface area contributed by atoms with E-state index in [1.54, 1.807) is 0 Å². The van der Waals surface area contributed by atoms with Crippen molar-refractivity contribution in [3.8, 4) is 5.75 Å². The van der Waals surface area contributed by atoms with Crippen LogP contribution in [0.4, 0.5) is 13.2 Å². The molecule has 0 heterocycles. The zero-order valence-corrected chi connectivity index (χ0v) is 16.3. The highest BCUT2D eigenvalue weighted by molar-refractivity contribution is 14.0. The topological polar surface area (TPSA) is 45.6 Å². The van der Waals surface area contributed by atoms with Gasteiger partial charge in [-0.15, -0.1) is 24.0 Å². The second-order valence-electron chi connectivity index (χ2n) is 4.98. The molecular weight excluding hydrogens is 434 g/mol. The number of nitrogens with zero attached hydrogens (tertiary/aromatic N) is 1. The molecule has 0 unspecified atom stereocenters. The molecule has 0 saturated heterocycles. The van der Waals surface area contributed by atoms with Gasteiger partial charge in [0.1, 0.15) is 5.75 Å². The van der Waals surface area contributed by atoms with Crippen LogP contribution in [0.5, 0.6) is 5.75 Å². The standard InChI is InChI=1S/C16H24F3N3O.HI/c1-3-10-23-14-7-5-6-13(11-14)12-22-15(20-4-2)21-9-8-16(17,18)19;/h5-7,11H,3-4,8-10,12H2,1-2H3,(H2,20,21,22);1H. The van der Waals surface area contributed by atoms with Gasteiger partial charge in [-0.05, 0) is 31.0 Å². The average Bonchev–Trinajstić information content (AvgIpc) is 2.50. The third-order valence-corrected chi connectivity index (χ3v) is 2.84. The molecule has 2 N–H and O–H groups in total. The van der Waals surface area contributed by atoms with E-state index in [-0.39, 0.29) is 30.5 Å². The Kier molecular flexibility index (Phi) is 11.6. The summed E-state index contributed by atoms with van der Waals surface area (Å²) in [6, 6.07) is 7.54. The van der Waals surface area contributed by atoms with Gasteiger partial charge >= 0.3 is 6.18 Å². The molecule has 138 valence electrons. The van der Waals surface area contributed by atoms with E-state index >= 15 is 0 Å². The van der Waals surface area contributed by atoms with Crippen LogP contribution in [0.25, 0.3) is 0 Å². The minimum Gasteiger partial charge on any atom is -0.494 e. The maximum absolute atomic E-state index is 12.2. The molecule has 0 aromatic heterocycles. The number of nitrogens with one attached hydrogen (secondary N) is 2. The molecule has 0 saturated carbocycles. The average molecular weight is 459 g/mol. The van der Waals surface area contributed by atoms with Gasteiger partial charge in [-0.1, -0.05) is 19.1 Å². The van der Waals surface area contributed by atoms with E-state index in [0.29, 0.717) is 25.7 Å². The third-order valence-electron chi connectivity index (χ3n) is 2.84. The van der Waals surface area contributed by atoms with Crippen LogP contribution in [0.2, 0.25) is 0 Å². The Balaban J connectivity index is 0.00000529. The Hall–Kier alpha value is -1.19. The maximum atomic E-state index is 12.2. The van der Waals surface area contributed by atoms with Crippen molar-refractivity contribution >= 4 is 29.9 Å². The number of hydrogen-bond donors (Lipinski definition) is 2. The van der Waals surface area contributed by atoms with E-state index in [1.165, 1.54) is 0 Å². The summed E-state index contributed by atoms with van der Waals surface area (Å²) in [7, 11) is 0. The fourth-order valence-electron chi connectivity index (χ4n) is 1.79. The molecular formula is C16H25F3IN3O. The van der Waals surface area contributed by atoms with Gasteiger partial charge in [-0.25, -0.2) is 4.99 Å².